The highest BCUT2D eigenvalue weighted by Gasteiger charge is 2.51. The normalized spacial score (nSPS) is 18.6. The second-order valence-corrected chi connectivity index (χ2v) is 6.16. The Morgan fingerprint density at radius 2 is 1.89 bits per heavy atom. The zero-order valence-electron chi connectivity index (χ0n) is 10.9. The van der Waals surface area contributed by atoms with Crippen molar-refractivity contribution in [2.24, 2.45) is 0 Å². The number of benzene rings is 1. The molecule has 1 saturated carbocycles. The molecule has 0 saturated heterocycles. The van der Waals surface area contributed by atoms with Crippen LogP contribution < -0.4 is 5.32 Å². The smallest absolute Gasteiger partial charge is 0.0513 e. The molecule has 0 bridgehead atoms. The van der Waals surface area contributed by atoms with Gasteiger partial charge in [0.05, 0.1) is 6.04 Å². The highest BCUT2D eigenvalue weighted by atomic mass is 32.1. The van der Waals surface area contributed by atoms with Gasteiger partial charge in [-0.3, -0.25) is 0 Å². The Balaban J connectivity index is 2.00. The van der Waals surface area contributed by atoms with Gasteiger partial charge >= 0.3 is 0 Å². The molecule has 1 aromatic heterocycles. The van der Waals surface area contributed by atoms with Crippen LogP contribution in [0, 0.1) is 6.92 Å². The SMILES string of the molecule is CNC(c1sccc1C)C1(c2ccccc2)CC1. The Bertz CT molecular complexity index is 525. The number of likely N-dealkylation sites (N-methyl/N-ethyl adjacent to an activating group) is 1. The molecule has 1 aromatic carbocycles. The summed E-state index contributed by atoms with van der Waals surface area (Å²) in [7, 11) is 2.09. The fraction of sp³-hybridized carbons (Fsp3) is 0.375. The molecule has 2 heteroatoms. The summed E-state index contributed by atoms with van der Waals surface area (Å²) < 4.78 is 0. The van der Waals surface area contributed by atoms with E-state index >= 15 is 0 Å². The molecule has 94 valence electrons. The minimum atomic E-state index is 0.325. The molecular weight excluding hydrogens is 238 g/mol. The molecule has 1 unspecified atom stereocenters. The average molecular weight is 257 g/mol. The van der Waals surface area contributed by atoms with Crippen LogP contribution in [0.4, 0.5) is 0 Å². The third kappa shape index (κ3) is 1.80. The Labute approximate surface area is 113 Å². The second kappa shape index (κ2) is 4.52. The summed E-state index contributed by atoms with van der Waals surface area (Å²) >= 11 is 1.88. The zero-order chi connectivity index (χ0) is 12.6. The third-order valence-corrected chi connectivity index (χ3v) is 5.23. The third-order valence-electron chi connectivity index (χ3n) is 4.14. The molecule has 3 rings (SSSR count). The zero-order valence-corrected chi connectivity index (χ0v) is 11.8. The van der Waals surface area contributed by atoms with Crippen LogP contribution in [0.5, 0.6) is 0 Å². The summed E-state index contributed by atoms with van der Waals surface area (Å²) in [6.45, 7) is 2.22. The minimum Gasteiger partial charge on any atom is -0.312 e. The van der Waals surface area contributed by atoms with Gasteiger partial charge in [-0.1, -0.05) is 30.3 Å². The van der Waals surface area contributed by atoms with Crippen LogP contribution in [0.3, 0.4) is 0 Å². The van der Waals surface area contributed by atoms with Crippen LogP contribution in [0.2, 0.25) is 0 Å². The van der Waals surface area contributed by atoms with Crippen LogP contribution in [0.1, 0.15) is 34.9 Å². The van der Waals surface area contributed by atoms with Gasteiger partial charge in [-0.25, -0.2) is 0 Å². The first-order valence-electron chi connectivity index (χ1n) is 6.55. The standard InChI is InChI=1S/C16H19NS/c1-12-8-11-18-14(12)15(17-2)16(9-10-16)13-6-4-3-5-7-13/h3-8,11,15,17H,9-10H2,1-2H3. The molecule has 0 spiro atoms. The number of hydrogen-bond acceptors (Lipinski definition) is 2. The van der Waals surface area contributed by atoms with Gasteiger partial charge in [0.2, 0.25) is 0 Å². The summed E-state index contributed by atoms with van der Waals surface area (Å²) in [5, 5.41) is 5.76. The lowest BCUT2D eigenvalue weighted by Gasteiger charge is -2.27. The van der Waals surface area contributed by atoms with E-state index in [0.717, 1.165) is 0 Å². The van der Waals surface area contributed by atoms with Crippen molar-refractivity contribution in [1.29, 1.82) is 0 Å². The first kappa shape index (κ1) is 11.9. The van der Waals surface area contributed by atoms with E-state index < -0.39 is 0 Å². The average Bonchev–Trinajstić information content (AvgIpc) is 3.10. The van der Waals surface area contributed by atoms with Crippen LogP contribution in [0.15, 0.2) is 41.8 Å². The van der Waals surface area contributed by atoms with Gasteiger partial charge in [0.1, 0.15) is 0 Å². The highest BCUT2D eigenvalue weighted by molar-refractivity contribution is 7.10. The number of rotatable bonds is 4. The number of nitrogens with one attached hydrogen (secondary N) is 1. The quantitative estimate of drug-likeness (QED) is 0.871. The van der Waals surface area contributed by atoms with Gasteiger partial charge in [0, 0.05) is 10.3 Å². The first-order valence-corrected chi connectivity index (χ1v) is 7.43. The van der Waals surface area contributed by atoms with Gasteiger partial charge < -0.3 is 5.32 Å². The van der Waals surface area contributed by atoms with Crippen molar-refractivity contribution in [2.45, 2.75) is 31.2 Å². The minimum absolute atomic E-state index is 0.325. The lowest BCUT2D eigenvalue weighted by Crippen LogP contribution is -2.29. The Morgan fingerprint density at radius 3 is 2.39 bits per heavy atom. The predicted octanol–water partition coefficient (Wildman–Crippen LogP) is 4.05. The Kier molecular flexibility index (Phi) is 3.00. The number of thiophene rings is 1. The van der Waals surface area contributed by atoms with Crippen molar-refractivity contribution in [2.75, 3.05) is 7.05 Å². The van der Waals surface area contributed by atoms with E-state index in [9.17, 15) is 0 Å². The van der Waals surface area contributed by atoms with E-state index in [1.54, 1.807) is 0 Å². The molecule has 1 N–H and O–H groups in total. The fourth-order valence-corrected chi connectivity index (χ4v) is 4.14. The molecule has 1 heterocycles. The van der Waals surface area contributed by atoms with Crippen molar-refractivity contribution < 1.29 is 0 Å². The molecule has 1 fully saturated rings. The van der Waals surface area contributed by atoms with Gasteiger partial charge in [0.15, 0.2) is 0 Å². The van der Waals surface area contributed by atoms with Crippen LogP contribution in [-0.4, -0.2) is 7.05 Å². The molecule has 0 amide bonds. The second-order valence-electron chi connectivity index (χ2n) is 5.21. The molecule has 0 aliphatic heterocycles. The van der Waals surface area contributed by atoms with E-state index in [0.29, 0.717) is 11.5 Å². The monoisotopic (exact) mass is 257 g/mol. The van der Waals surface area contributed by atoms with Crippen LogP contribution in [-0.2, 0) is 5.41 Å². The summed E-state index contributed by atoms with van der Waals surface area (Å²) in [6, 6.07) is 13.7. The largest absolute Gasteiger partial charge is 0.312 e. The van der Waals surface area contributed by atoms with Crippen molar-refractivity contribution in [1.82, 2.24) is 5.32 Å². The maximum atomic E-state index is 3.56. The first-order chi connectivity index (χ1) is 8.78. The van der Waals surface area contributed by atoms with E-state index in [-0.39, 0.29) is 0 Å². The van der Waals surface area contributed by atoms with Gasteiger partial charge in [-0.2, -0.15) is 0 Å². The predicted molar refractivity (Wildman–Crippen MR) is 78.2 cm³/mol. The van der Waals surface area contributed by atoms with Crippen LogP contribution >= 0.6 is 11.3 Å². The van der Waals surface area contributed by atoms with Gasteiger partial charge in [0.25, 0.3) is 0 Å². The lowest BCUT2D eigenvalue weighted by molar-refractivity contribution is 0.468. The van der Waals surface area contributed by atoms with Crippen molar-refractivity contribution in [3.05, 3.63) is 57.8 Å². The molecule has 2 aromatic rings. The molecule has 18 heavy (non-hydrogen) atoms. The van der Waals surface area contributed by atoms with E-state index in [1.165, 1.54) is 28.8 Å². The van der Waals surface area contributed by atoms with Crippen LogP contribution in [0.25, 0.3) is 0 Å². The van der Waals surface area contributed by atoms with E-state index in [1.807, 2.05) is 11.3 Å². The summed E-state index contributed by atoms with van der Waals surface area (Å²) in [5.41, 5.74) is 3.23. The highest BCUT2D eigenvalue weighted by Crippen LogP contribution is 2.57. The number of aryl methyl sites for hydroxylation is 1. The summed E-state index contributed by atoms with van der Waals surface area (Å²) in [4.78, 5) is 1.50. The molecule has 1 aliphatic rings. The van der Waals surface area contributed by atoms with E-state index in [4.69, 9.17) is 0 Å². The molecular formula is C16H19NS. The van der Waals surface area contributed by atoms with Crippen molar-refractivity contribution in [3.8, 4) is 0 Å². The maximum Gasteiger partial charge on any atom is 0.0513 e. The molecule has 1 aliphatic carbocycles. The molecule has 1 atom stereocenters. The lowest BCUT2D eigenvalue weighted by atomic mass is 9.86. The Morgan fingerprint density at radius 1 is 1.17 bits per heavy atom. The van der Waals surface area contributed by atoms with Gasteiger partial charge in [-0.15, -0.1) is 11.3 Å². The fourth-order valence-electron chi connectivity index (χ4n) is 2.99. The summed E-state index contributed by atoms with van der Waals surface area (Å²) in [6.07, 6.45) is 2.58. The van der Waals surface area contributed by atoms with E-state index in [2.05, 4.69) is 61.1 Å². The number of hydrogen-bond donors (Lipinski definition) is 1. The Hall–Kier alpha value is -1.12. The topological polar surface area (TPSA) is 12.0 Å². The summed E-state index contributed by atoms with van der Waals surface area (Å²) in [5.74, 6) is 0. The molecule has 0 radical (unpaired) electrons. The van der Waals surface area contributed by atoms with Crippen molar-refractivity contribution in [3.63, 3.8) is 0 Å². The maximum absolute atomic E-state index is 3.56. The van der Waals surface area contributed by atoms with Gasteiger partial charge in [-0.05, 0) is 49.4 Å². The van der Waals surface area contributed by atoms with Crippen molar-refractivity contribution >= 4 is 11.3 Å². The molecule has 1 nitrogen and oxygen atoms in total.